The van der Waals surface area contributed by atoms with E-state index in [-0.39, 0.29) is 21.7 Å². The van der Waals surface area contributed by atoms with Gasteiger partial charge in [0, 0.05) is 0 Å². The Kier molecular flexibility index (Phi) is 15.4. The van der Waals surface area contributed by atoms with Crippen LogP contribution in [0.3, 0.4) is 0 Å². The predicted molar refractivity (Wildman–Crippen MR) is 89.4 cm³/mol. The van der Waals surface area contributed by atoms with Crippen LogP contribution in [0.25, 0.3) is 0 Å². The molecular formula is C18H20O11Ti. The van der Waals surface area contributed by atoms with Gasteiger partial charge in [0.2, 0.25) is 0 Å². The Labute approximate surface area is 186 Å². The first-order valence-electron chi connectivity index (χ1n) is 7.94. The van der Waals surface area contributed by atoms with E-state index < -0.39 is 60.0 Å². The number of benzene rings is 2. The summed E-state index contributed by atoms with van der Waals surface area (Å²) in [5.74, 6) is -3.48. The standard InChI is InChI=1S/C6H12O7.2C6H6O2.Ti/c7-1-2(8)3(9)4(10)5(11)6(12)13;2*7-5-3-1-2-4-6(5)8;/h2-5,7-11H,1H2,(H,12,13);2*1-4,7-8H;/q;;;+4/p-4/t2-,3-,4+,5-;;;/m1.../s1. The summed E-state index contributed by atoms with van der Waals surface area (Å²) >= 11 is 0. The number of para-hydroxylation sites is 4. The molecule has 162 valence electrons. The van der Waals surface area contributed by atoms with Crippen molar-refractivity contribution < 1.29 is 77.6 Å². The molecule has 30 heavy (non-hydrogen) atoms. The summed E-state index contributed by atoms with van der Waals surface area (Å²) in [5, 5.41) is 93.0. The largest absolute Gasteiger partial charge is 4.00 e. The number of hydrogen-bond donors (Lipinski definition) is 6. The van der Waals surface area contributed by atoms with Crippen molar-refractivity contribution in [1.82, 2.24) is 0 Å². The van der Waals surface area contributed by atoms with Crippen molar-refractivity contribution in [1.29, 1.82) is 0 Å². The molecule has 0 saturated heterocycles. The molecule has 0 aromatic heterocycles. The number of hydrogen-bond acceptors (Lipinski definition) is 10. The van der Waals surface area contributed by atoms with Gasteiger partial charge in [0.05, 0.1) is 6.61 Å². The first-order valence-corrected chi connectivity index (χ1v) is 7.94. The fraction of sp³-hybridized carbons (Fsp3) is 0.278. The predicted octanol–water partition coefficient (Wildman–Crippen LogP) is -3.83. The maximum Gasteiger partial charge on any atom is 4.00 e. The molecule has 0 aliphatic heterocycles. The fourth-order valence-electron chi connectivity index (χ4n) is 1.57. The average Bonchev–Trinajstić information content (AvgIpc) is 2.71. The Balaban J connectivity index is 0. The van der Waals surface area contributed by atoms with E-state index in [4.69, 9.17) is 30.6 Å². The van der Waals surface area contributed by atoms with Gasteiger partial charge in [-0.2, -0.15) is 0 Å². The van der Waals surface area contributed by atoms with Crippen LogP contribution >= 0.6 is 0 Å². The normalized spacial score (nSPS) is 13.6. The molecule has 0 bridgehead atoms. The molecule has 11 nitrogen and oxygen atoms in total. The van der Waals surface area contributed by atoms with E-state index in [1.54, 1.807) is 24.3 Å². The second kappa shape index (κ2) is 15.5. The Hall–Kier alpha value is -2.38. The Morgan fingerprint density at radius 1 is 0.733 bits per heavy atom. The van der Waals surface area contributed by atoms with E-state index in [1.165, 1.54) is 24.3 Å². The maximum atomic E-state index is 10.3. The molecular weight excluding hydrogens is 440 g/mol. The zero-order valence-corrected chi connectivity index (χ0v) is 16.9. The van der Waals surface area contributed by atoms with Crippen molar-refractivity contribution in [2.45, 2.75) is 24.4 Å². The quantitative estimate of drug-likeness (QED) is 0.237. The third-order valence-corrected chi connectivity index (χ3v) is 3.21. The molecule has 2 aromatic carbocycles. The van der Waals surface area contributed by atoms with E-state index in [0.717, 1.165) is 0 Å². The van der Waals surface area contributed by atoms with Crippen LogP contribution in [0.1, 0.15) is 0 Å². The number of rotatable bonds is 5. The molecule has 0 saturated carbocycles. The van der Waals surface area contributed by atoms with Gasteiger partial charge in [0.15, 0.2) is 6.10 Å². The second-order valence-electron chi connectivity index (χ2n) is 5.41. The SMILES string of the molecule is O=C(O)[C@H](O)[C@@H](O)[C@H](O)[C@H](O)CO.[O-]c1ccccc1[O-].[O-]c1ccccc1[O-].[Ti+4]. The molecule has 0 aliphatic rings. The van der Waals surface area contributed by atoms with Gasteiger partial charge in [0.1, 0.15) is 18.3 Å². The molecule has 2 rings (SSSR count). The summed E-state index contributed by atoms with van der Waals surface area (Å²) in [7, 11) is 0. The number of aliphatic hydroxyl groups excluding tert-OH is 5. The van der Waals surface area contributed by atoms with Crippen LogP contribution in [0.4, 0.5) is 0 Å². The zero-order chi connectivity index (χ0) is 22.6. The van der Waals surface area contributed by atoms with Crippen LogP contribution in [0.15, 0.2) is 48.5 Å². The van der Waals surface area contributed by atoms with Gasteiger partial charge in [-0.25, -0.2) is 4.79 Å². The summed E-state index contributed by atoms with van der Waals surface area (Å²) in [6.07, 6.45) is -7.84. The van der Waals surface area contributed by atoms with Gasteiger partial charge in [-0.1, -0.05) is 48.5 Å². The minimum absolute atomic E-state index is 0. The van der Waals surface area contributed by atoms with Crippen molar-refractivity contribution in [3.63, 3.8) is 0 Å². The molecule has 0 unspecified atom stereocenters. The first-order chi connectivity index (χ1) is 13.5. The number of carbonyl (C=O) groups is 1. The van der Waals surface area contributed by atoms with Crippen LogP contribution in [0.5, 0.6) is 23.0 Å². The fourth-order valence-corrected chi connectivity index (χ4v) is 1.57. The van der Waals surface area contributed by atoms with Crippen LogP contribution in [0, 0.1) is 0 Å². The number of carboxylic acid groups (broad SMARTS) is 1. The molecule has 0 spiro atoms. The van der Waals surface area contributed by atoms with Crippen LogP contribution in [0.2, 0.25) is 0 Å². The van der Waals surface area contributed by atoms with Crippen molar-refractivity contribution in [3.05, 3.63) is 48.5 Å². The van der Waals surface area contributed by atoms with Gasteiger partial charge in [0.25, 0.3) is 0 Å². The van der Waals surface area contributed by atoms with E-state index in [1.807, 2.05) is 0 Å². The number of aliphatic carboxylic acids is 1. The van der Waals surface area contributed by atoms with E-state index in [9.17, 15) is 25.2 Å². The van der Waals surface area contributed by atoms with Crippen LogP contribution in [-0.4, -0.2) is 67.6 Å². The minimum Gasteiger partial charge on any atom is -0.873 e. The average molecular weight is 460 g/mol. The molecule has 2 aromatic rings. The van der Waals surface area contributed by atoms with Gasteiger partial charge in [-0.05, 0) is 0 Å². The van der Waals surface area contributed by atoms with Crippen molar-refractivity contribution in [2.24, 2.45) is 0 Å². The van der Waals surface area contributed by atoms with Crippen molar-refractivity contribution >= 4 is 5.97 Å². The van der Waals surface area contributed by atoms with Crippen molar-refractivity contribution in [2.75, 3.05) is 6.61 Å². The van der Waals surface area contributed by atoms with Gasteiger partial charge < -0.3 is 51.1 Å². The van der Waals surface area contributed by atoms with Crippen LogP contribution < -0.4 is 20.4 Å². The topological polar surface area (TPSA) is 231 Å². The van der Waals surface area contributed by atoms with E-state index in [0.29, 0.717) is 0 Å². The molecule has 6 N–H and O–H groups in total. The summed E-state index contributed by atoms with van der Waals surface area (Å²) in [6.45, 7) is -0.843. The summed E-state index contributed by atoms with van der Waals surface area (Å²) in [5.41, 5.74) is 0. The summed E-state index contributed by atoms with van der Waals surface area (Å²) in [4.78, 5) is 10.1. The smallest absolute Gasteiger partial charge is 0.873 e. The molecule has 0 fully saturated rings. The van der Waals surface area contributed by atoms with E-state index >= 15 is 0 Å². The van der Waals surface area contributed by atoms with Gasteiger partial charge >= 0.3 is 27.7 Å². The molecule has 4 atom stereocenters. The Morgan fingerprint density at radius 2 is 1.03 bits per heavy atom. The first kappa shape index (κ1) is 29.8. The van der Waals surface area contributed by atoms with Gasteiger partial charge in [-0.15, -0.1) is 23.0 Å². The van der Waals surface area contributed by atoms with Gasteiger partial charge in [-0.3, -0.25) is 0 Å². The Bertz CT molecular complexity index is 658. The number of aliphatic hydroxyl groups is 5. The molecule has 12 heteroatoms. The third kappa shape index (κ3) is 11.0. The summed E-state index contributed by atoms with van der Waals surface area (Å²) < 4.78 is 0. The number of carboxylic acids is 1. The minimum atomic E-state index is -2.20. The van der Waals surface area contributed by atoms with Crippen LogP contribution in [-0.2, 0) is 26.5 Å². The monoisotopic (exact) mass is 460 g/mol. The summed E-state index contributed by atoms with van der Waals surface area (Å²) in [6, 6.07) is 11.2. The van der Waals surface area contributed by atoms with Crippen molar-refractivity contribution in [3.8, 4) is 23.0 Å². The maximum absolute atomic E-state index is 10.3. The molecule has 0 aliphatic carbocycles. The third-order valence-electron chi connectivity index (χ3n) is 3.21. The molecule has 0 amide bonds. The van der Waals surface area contributed by atoms with E-state index in [2.05, 4.69) is 0 Å². The second-order valence-corrected chi connectivity index (χ2v) is 5.41. The molecule has 0 heterocycles. The molecule has 0 radical (unpaired) electrons. The zero-order valence-electron chi connectivity index (χ0n) is 15.4. The Morgan fingerprint density at radius 3 is 1.23 bits per heavy atom.